The van der Waals surface area contributed by atoms with Crippen molar-refractivity contribution in [3.8, 4) is 0 Å². The summed E-state index contributed by atoms with van der Waals surface area (Å²) in [6.45, 7) is 9.79. The lowest BCUT2D eigenvalue weighted by atomic mass is 10.2. The summed E-state index contributed by atoms with van der Waals surface area (Å²) in [5.74, 6) is 1.04. The lowest BCUT2D eigenvalue weighted by Gasteiger charge is -2.38. The molecule has 1 aromatic rings. The van der Waals surface area contributed by atoms with Crippen LogP contribution >= 0.6 is 0 Å². The Morgan fingerprint density at radius 2 is 2.00 bits per heavy atom. The first-order valence-electron chi connectivity index (χ1n) is 8.29. The van der Waals surface area contributed by atoms with Crippen LogP contribution in [0, 0.1) is 0 Å². The first-order chi connectivity index (χ1) is 10.3. The average molecular weight is 289 g/mol. The number of nitrogens with one attached hydrogen (secondary N) is 1. The van der Waals surface area contributed by atoms with Crippen molar-refractivity contribution in [2.75, 3.05) is 31.1 Å². The standard InChI is InChI=1S/C16H27N5/c1-3-13(2)20-6-8-21(9-7-20)16-12-17-10-15(19-16)11-18-14-4-5-14/h10,12-14,18H,3-9,11H2,1-2H3. The number of aromatic nitrogens is 2. The summed E-state index contributed by atoms with van der Waals surface area (Å²) < 4.78 is 0. The largest absolute Gasteiger partial charge is 0.353 e. The van der Waals surface area contributed by atoms with Crippen LogP contribution in [0.4, 0.5) is 5.82 Å². The molecule has 0 radical (unpaired) electrons. The van der Waals surface area contributed by atoms with Gasteiger partial charge in [0.25, 0.3) is 0 Å². The molecule has 5 nitrogen and oxygen atoms in total. The number of anilines is 1. The van der Waals surface area contributed by atoms with Crippen LogP contribution < -0.4 is 10.2 Å². The molecule has 1 aliphatic carbocycles. The Morgan fingerprint density at radius 3 is 2.67 bits per heavy atom. The van der Waals surface area contributed by atoms with Crippen molar-refractivity contribution >= 4 is 5.82 Å². The molecule has 5 heteroatoms. The van der Waals surface area contributed by atoms with E-state index in [4.69, 9.17) is 4.98 Å². The molecule has 1 atom stereocenters. The van der Waals surface area contributed by atoms with E-state index in [9.17, 15) is 0 Å². The summed E-state index contributed by atoms with van der Waals surface area (Å²) in [6, 6.07) is 1.40. The van der Waals surface area contributed by atoms with Crippen molar-refractivity contribution in [3.05, 3.63) is 18.1 Å². The number of rotatable bonds is 6. The van der Waals surface area contributed by atoms with Gasteiger partial charge in [0.15, 0.2) is 0 Å². The fraction of sp³-hybridized carbons (Fsp3) is 0.750. The lowest BCUT2D eigenvalue weighted by Crippen LogP contribution is -2.49. The van der Waals surface area contributed by atoms with Gasteiger partial charge in [-0.2, -0.15) is 0 Å². The SMILES string of the molecule is CCC(C)N1CCN(c2cncc(CNC3CC3)n2)CC1. The molecule has 2 heterocycles. The van der Waals surface area contributed by atoms with E-state index < -0.39 is 0 Å². The van der Waals surface area contributed by atoms with Crippen LogP contribution in [0.2, 0.25) is 0 Å². The van der Waals surface area contributed by atoms with E-state index in [0.29, 0.717) is 6.04 Å². The Balaban J connectivity index is 1.55. The zero-order valence-electron chi connectivity index (χ0n) is 13.3. The molecule has 0 bridgehead atoms. The maximum atomic E-state index is 4.77. The first-order valence-corrected chi connectivity index (χ1v) is 8.29. The third kappa shape index (κ3) is 3.92. The second-order valence-corrected chi connectivity index (χ2v) is 6.30. The van der Waals surface area contributed by atoms with Gasteiger partial charge in [-0.3, -0.25) is 9.88 Å². The predicted octanol–water partition coefficient (Wildman–Crippen LogP) is 1.65. The summed E-state index contributed by atoms with van der Waals surface area (Å²) in [4.78, 5) is 14.1. The molecule has 0 spiro atoms. The van der Waals surface area contributed by atoms with Gasteiger partial charge in [0.05, 0.1) is 11.9 Å². The first kappa shape index (κ1) is 14.7. The number of hydrogen-bond donors (Lipinski definition) is 1. The minimum Gasteiger partial charge on any atom is -0.353 e. The normalized spacial score (nSPS) is 21.5. The summed E-state index contributed by atoms with van der Waals surface area (Å²) in [6.07, 6.45) is 7.63. The molecule has 21 heavy (non-hydrogen) atoms. The molecule has 0 amide bonds. The van der Waals surface area contributed by atoms with Gasteiger partial charge in [0.2, 0.25) is 0 Å². The molecular formula is C16H27N5. The van der Waals surface area contributed by atoms with Crippen LogP contribution in [-0.4, -0.2) is 53.1 Å². The van der Waals surface area contributed by atoms with Gasteiger partial charge in [-0.1, -0.05) is 6.92 Å². The van der Waals surface area contributed by atoms with Gasteiger partial charge in [0.1, 0.15) is 5.82 Å². The Morgan fingerprint density at radius 1 is 1.24 bits per heavy atom. The van der Waals surface area contributed by atoms with Gasteiger partial charge in [-0.15, -0.1) is 0 Å². The Kier molecular flexibility index (Phi) is 4.70. The van der Waals surface area contributed by atoms with Gasteiger partial charge in [-0.25, -0.2) is 4.98 Å². The van der Waals surface area contributed by atoms with Crippen molar-refractivity contribution in [1.29, 1.82) is 0 Å². The van der Waals surface area contributed by atoms with Crippen molar-refractivity contribution < 1.29 is 0 Å². The van der Waals surface area contributed by atoms with E-state index in [1.165, 1.54) is 19.3 Å². The molecule has 1 saturated carbocycles. The fourth-order valence-corrected chi connectivity index (χ4v) is 2.82. The van der Waals surface area contributed by atoms with Crippen LogP contribution in [0.1, 0.15) is 38.8 Å². The molecule has 0 aromatic carbocycles. The molecular weight excluding hydrogens is 262 g/mol. The quantitative estimate of drug-likeness (QED) is 0.862. The highest BCUT2D eigenvalue weighted by atomic mass is 15.3. The number of nitrogens with zero attached hydrogens (tertiary/aromatic N) is 4. The van der Waals surface area contributed by atoms with Crippen molar-refractivity contribution in [2.45, 2.75) is 51.7 Å². The topological polar surface area (TPSA) is 44.3 Å². The fourth-order valence-electron chi connectivity index (χ4n) is 2.82. The Labute approximate surface area is 127 Å². The maximum absolute atomic E-state index is 4.77. The van der Waals surface area contributed by atoms with Crippen LogP contribution in [0.5, 0.6) is 0 Å². The van der Waals surface area contributed by atoms with Crippen molar-refractivity contribution in [1.82, 2.24) is 20.2 Å². The molecule has 116 valence electrons. The van der Waals surface area contributed by atoms with E-state index >= 15 is 0 Å². The molecule has 2 aliphatic rings. The zero-order chi connectivity index (χ0) is 14.7. The highest BCUT2D eigenvalue weighted by Gasteiger charge is 2.22. The molecule has 1 aliphatic heterocycles. The monoisotopic (exact) mass is 289 g/mol. The highest BCUT2D eigenvalue weighted by Crippen LogP contribution is 2.19. The van der Waals surface area contributed by atoms with Gasteiger partial charge in [0, 0.05) is 51.0 Å². The third-order valence-electron chi connectivity index (χ3n) is 4.67. The van der Waals surface area contributed by atoms with E-state index in [-0.39, 0.29) is 0 Å². The Hall–Kier alpha value is -1.20. The summed E-state index contributed by atoms with van der Waals surface area (Å²) in [7, 11) is 0. The predicted molar refractivity (Wildman–Crippen MR) is 85.4 cm³/mol. The summed E-state index contributed by atoms with van der Waals surface area (Å²) in [5, 5.41) is 3.50. The van der Waals surface area contributed by atoms with Crippen molar-refractivity contribution in [3.63, 3.8) is 0 Å². The van der Waals surface area contributed by atoms with Crippen LogP contribution in [-0.2, 0) is 6.54 Å². The van der Waals surface area contributed by atoms with Crippen LogP contribution in [0.15, 0.2) is 12.4 Å². The van der Waals surface area contributed by atoms with Crippen LogP contribution in [0.3, 0.4) is 0 Å². The zero-order valence-corrected chi connectivity index (χ0v) is 13.3. The van der Waals surface area contributed by atoms with E-state index in [1.807, 2.05) is 12.4 Å². The van der Waals surface area contributed by atoms with Gasteiger partial charge in [-0.05, 0) is 26.2 Å². The van der Waals surface area contributed by atoms with E-state index in [2.05, 4.69) is 33.9 Å². The lowest BCUT2D eigenvalue weighted by molar-refractivity contribution is 0.192. The average Bonchev–Trinajstić information content (AvgIpc) is 3.37. The van der Waals surface area contributed by atoms with Gasteiger partial charge < -0.3 is 10.2 Å². The second-order valence-electron chi connectivity index (χ2n) is 6.30. The number of hydrogen-bond acceptors (Lipinski definition) is 5. The molecule has 3 rings (SSSR count). The Bertz CT molecular complexity index is 452. The molecule has 1 N–H and O–H groups in total. The van der Waals surface area contributed by atoms with Gasteiger partial charge >= 0.3 is 0 Å². The summed E-state index contributed by atoms with van der Waals surface area (Å²) >= 11 is 0. The molecule has 1 aromatic heterocycles. The molecule has 2 fully saturated rings. The summed E-state index contributed by atoms with van der Waals surface area (Å²) in [5.41, 5.74) is 1.06. The third-order valence-corrected chi connectivity index (χ3v) is 4.67. The molecule has 1 unspecified atom stereocenters. The minimum atomic E-state index is 0.687. The molecule has 1 saturated heterocycles. The minimum absolute atomic E-state index is 0.687. The van der Waals surface area contributed by atoms with Crippen molar-refractivity contribution in [2.24, 2.45) is 0 Å². The highest BCUT2D eigenvalue weighted by molar-refractivity contribution is 5.37. The van der Waals surface area contributed by atoms with E-state index in [1.54, 1.807) is 0 Å². The maximum Gasteiger partial charge on any atom is 0.147 e. The second kappa shape index (κ2) is 6.71. The van der Waals surface area contributed by atoms with Crippen LogP contribution in [0.25, 0.3) is 0 Å². The van der Waals surface area contributed by atoms with E-state index in [0.717, 1.165) is 50.3 Å². The number of piperazine rings is 1. The smallest absolute Gasteiger partial charge is 0.147 e.